The molecule has 0 heterocycles. The smallest absolute Gasteiger partial charge is 0.271 e. The summed E-state index contributed by atoms with van der Waals surface area (Å²) in [5.74, 6) is -0.555. The van der Waals surface area contributed by atoms with Crippen molar-refractivity contribution in [1.29, 1.82) is 0 Å². The van der Waals surface area contributed by atoms with Gasteiger partial charge in [-0.25, -0.2) is 0 Å². The Bertz CT molecular complexity index is 525. The van der Waals surface area contributed by atoms with E-state index in [1.165, 1.54) is 0 Å². The van der Waals surface area contributed by atoms with Crippen LogP contribution >= 0.6 is 23.2 Å². The van der Waals surface area contributed by atoms with E-state index in [4.69, 9.17) is 32.7 Å². The SMILES string of the molecule is COCCOCCNC(=O)c1cc([N+](=O)[O-])cc(Cl)c1Cl. The number of non-ortho nitro benzene ring substituents is 1. The molecule has 1 N–H and O–H groups in total. The molecule has 1 aromatic carbocycles. The quantitative estimate of drug-likeness (QED) is 0.446. The molecular formula is C12H14Cl2N2O5. The molecule has 0 saturated carbocycles. The maximum absolute atomic E-state index is 11.9. The highest BCUT2D eigenvalue weighted by Crippen LogP contribution is 2.30. The van der Waals surface area contributed by atoms with Gasteiger partial charge >= 0.3 is 0 Å². The first-order valence-electron chi connectivity index (χ1n) is 5.95. The third kappa shape index (κ3) is 5.47. The zero-order valence-corrected chi connectivity index (χ0v) is 12.7. The predicted molar refractivity (Wildman–Crippen MR) is 78.1 cm³/mol. The number of nitrogens with one attached hydrogen (secondary N) is 1. The fourth-order valence-electron chi connectivity index (χ4n) is 1.42. The van der Waals surface area contributed by atoms with Gasteiger partial charge in [-0.2, -0.15) is 0 Å². The van der Waals surface area contributed by atoms with Crippen molar-refractivity contribution >= 4 is 34.8 Å². The molecule has 0 saturated heterocycles. The average molecular weight is 337 g/mol. The van der Waals surface area contributed by atoms with Crippen LogP contribution in [0.5, 0.6) is 0 Å². The summed E-state index contributed by atoms with van der Waals surface area (Å²) in [6, 6.07) is 2.17. The number of benzene rings is 1. The number of hydrogen-bond acceptors (Lipinski definition) is 5. The molecule has 0 radical (unpaired) electrons. The summed E-state index contributed by atoms with van der Waals surface area (Å²) in [5.41, 5.74) is -0.348. The zero-order chi connectivity index (χ0) is 15.8. The molecule has 1 rings (SSSR count). The molecule has 0 aliphatic rings. The number of methoxy groups -OCH3 is 1. The van der Waals surface area contributed by atoms with Crippen LogP contribution < -0.4 is 5.32 Å². The van der Waals surface area contributed by atoms with Crippen molar-refractivity contribution in [3.8, 4) is 0 Å². The predicted octanol–water partition coefficient (Wildman–Crippen LogP) is 2.29. The van der Waals surface area contributed by atoms with Crippen molar-refractivity contribution in [2.45, 2.75) is 0 Å². The van der Waals surface area contributed by atoms with Crippen LogP contribution in [0, 0.1) is 10.1 Å². The molecule has 1 amide bonds. The molecule has 0 fully saturated rings. The van der Waals surface area contributed by atoms with Gasteiger partial charge < -0.3 is 14.8 Å². The third-order valence-electron chi connectivity index (χ3n) is 2.43. The Labute approximate surface area is 131 Å². The maximum atomic E-state index is 11.9. The lowest BCUT2D eigenvalue weighted by Gasteiger charge is -2.08. The Kier molecular flexibility index (Phi) is 7.38. The Morgan fingerprint density at radius 1 is 1.33 bits per heavy atom. The van der Waals surface area contributed by atoms with E-state index in [2.05, 4.69) is 5.32 Å². The lowest BCUT2D eigenvalue weighted by Crippen LogP contribution is -2.28. The van der Waals surface area contributed by atoms with E-state index in [1.807, 2.05) is 0 Å². The van der Waals surface area contributed by atoms with Gasteiger partial charge in [0.15, 0.2) is 0 Å². The van der Waals surface area contributed by atoms with Crippen molar-refractivity contribution in [2.24, 2.45) is 0 Å². The molecule has 116 valence electrons. The van der Waals surface area contributed by atoms with Gasteiger partial charge in [-0.15, -0.1) is 0 Å². The molecule has 21 heavy (non-hydrogen) atoms. The maximum Gasteiger partial charge on any atom is 0.271 e. The van der Waals surface area contributed by atoms with Crippen LogP contribution in [-0.2, 0) is 9.47 Å². The average Bonchev–Trinajstić information content (AvgIpc) is 2.44. The van der Waals surface area contributed by atoms with Crippen molar-refractivity contribution in [1.82, 2.24) is 5.32 Å². The third-order valence-corrected chi connectivity index (χ3v) is 3.23. The van der Waals surface area contributed by atoms with Gasteiger partial charge in [0.1, 0.15) is 0 Å². The standard InChI is InChI=1S/C12H14Cl2N2O5/c1-20-4-5-21-3-2-15-12(17)9-6-8(16(18)19)7-10(13)11(9)14/h6-7H,2-5H2,1H3,(H,15,17). The lowest BCUT2D eigenvalue weighted by atomic mass is 10.2. The van der Waals surface area contributed by atoms with E-state index in [0.29, 0.717) is 13.2 Å². The van der Waals surface area contributed by atoms with Crippen LogP contribution in [0.1, 0.15) is 10.4 Å². The first-order chi connectivity index (χ1) is 9.97. The van der Waals surface area contributed by atoms with Gasteiger partial charge in [0.05, 0.1) is 40.4 Å². The largest absolute Gasteiger partial charge is 0.382 e. The Balaban J connectivity index is 2.63. The molecule has 0 spiro atoms. The number of nitrogens with zero attached hydrogens (tertiary/aromatic N) is 1. The summed E-state index contributed by atoms with van der Waals surface area (Å²) in [6.07, 6.45) is 0. The van der Waals surface area contributed by atoms with Crippen molar-refractivity contribution < 1.29 is 19.2 Å². The van der Waals surface area contributed by atoms with Crippen LogP contribution in [0.2, 0.25) is 10.0 Å². The summed E-state index contributed by atoms with van der Waals surface area (Å²) in [5, 5.41) is 13.2. The Hall–Kier alpha value is -1.41. The number of amides is 1. The number of nitro benzene ring substituents is 1. The van der Waals surface area contributed by atoms with Gasteiger partial charge in [0, 0.05) is 25.8 Å². The molecule has 1 aromatic rings. The minimum Gasteiger partial charge on any atom is -0.382 e. The second kappa shape index (κ2) is 8.78. The number of carbonyl (C=O) groups is 1. The van der Waals surface area contributed by atoms with E-state index < -0.39 is 10.8 Å². The summed E-state index contributed by atoms with van der Waals surface area (Å²) in [4.78, 5) is 22.0. The first kappa shape index (κ1) is 17.6. The minimum atomic E-state index is -0.646. The second-order valence-corrected chi connectivity index (χ2v) is 4.69. The molecule has 0 aliphatic heterocycles. The van der Waals surface area contributed by atoms with Crippen molar-refractivity contribution in [2.75, 3.05) is 33.5 Å². The normalized spacial score (nSPS) is 10.4. The Morgan fingerprint density at radius 2 is 2.05 bits per heavy atom. The molecule has 9 heteroatoms. The summed E-state index contributed by atoms with van der Waals surface area (Å²) in [6.45, 7) is 1.39. The van der Waals surface area contributed by atoms with E-state index in [9.17, 15) is 14.9 Å². The fourth-order valence-corrected chi connectivity index (χ4v) is 1.83. The van der Waals surface area contributed by atoms with Gasteiger partial charge in [-0.3, -0.25) is 14.9 Å². The fraction of sp³-hybridized carbons (Fsp3) is 0.417. The van der Waals surface area contributed by atoms with Gasteiger partial charge in [-0.05, 0) is 0 Å². The van der Waals surface area contributed by atoms with Gasteiger partial charge in [0.25, 0.3) is 11.6 Å². The zero-order valence-electron chi connectivity index (χ0n) is 11.2. The highest BCUT2D eigenvalue weighted by Gasteiger charge is 2.19. The Morgan fingerprint density at radius 3 is 2.67 bits per heavy atom. The topological polar surface area (TPSA) is 90.7 Å². The molecule has 7 nitrogen and oxygen atoms in total. The highest BCUT2D eigenvalue weighted by molar-refractivity contribution is 6.44. The highest BCUT2D eigenvalue weighted by atomic mass is 35.5. The van der Waals surface area contributed by atoms with Gasteiger partial charge in [-0.1, -0.05) is 23.2 Å². The van der Waals surface area contributed by atoms with Crippen LogP contribution in [0.25, 0.3) is 0 Å². The number of ether oxygens (including phenoxy) is 2. The second-order valence-electron chi connectivity index (χ2n) is 3.91. The summed E-state index contributed by atoms with van der Waals surface area (Å²) < 4.78 is 9.96. The molecule has 0 unspecified atom stereocenters. The molecule has 0 atom stereocenters. The number of carbonyl (C=O) groups excluding carboxylic acids is 1. The molecular weight excluding hydrogens is 323 g/mol. The molecule has 0 bridgehead atoms. The van der Waals surface area contributed by atoms with E-state index in [0.717, 1.165) is 12.1 Å². The number of rotatable bonds is 8. The van der Waals surface area contributed by atoms with Crippen LogP contribution in [-0.4, -0.2) is 44.3 Å². The van der Waals surface area contributed by atoms with Crippen LogP contribution in [0.4, 0.5) is 5.69 Å². The number of halogens is 2. The first-order valence-corrected chi connectivity index (χ1v) is 6.71. The number of nitro groups is 1. The monoisotopic (exact) mass is 336 g/mol. The van der Waals surface area contributed by atoms with Crippen LogP contribution in [0.3, 0.4) is 0 Å². The van der Waals surface area contributed by atoms with Crippen molar-refractivity contribution in [3.05, 3.63) is 37.9 Å². The molecule has 0 aliphatic carbocycles. The summed E-state index contributed by atoms with van der Waals surface area (Å²) in [7, 11) is 1.55. The number of hydrogen-bond donors (Lipinski definition) is 1. The lowest BCUT2D eigenvalue weighted by molar-refractivity contribution is -0.384. The van der Waals surface area contributed by atoms with E-state index in [-0.39, 0.29) is 34.4 Å². The van der Waals surface area contributed by atoms with Gasteiger partial charge in [0.2, 0.25) is 0 Å². The minimum absolute atomic E-state index is 0.0277. The van der Waals surface area contributed by atoms with Crippen LogP contribution in [0.15, 0.2) is 12.1 Å². The van der Waals surface area contributed by atoms with Crippen molar-refractivity contribution in [3.63, 3.8) is 0 Å². The molecule has 0 aromatic heterocycles. The van der Waals surface area contributed by atoms with E-state index in [1.54, 1.807) is 7.11 Å². The summed E-state index contributed by atoms with van der Waals surface area (Å²) >= 11 is 11.7. The van der Waals surface area contributed by atoms with E-state index >= 15 is 0 Å².